The standard InChI is InChI=1S/C32H22N2O/c1-3-21-9-5-7-11-26(21)23-13-15-28-30(17-23)29-16-22(25-10-6-4-8-20(25)2)12-14-27(29)31(32(28)35)24(18-33)19-34/h4-17H,3H2,1-2H3. The zero-order valence-corrected chi connectivity index (χ0v) is 19.6. The summed E-state index contributed by atoms with van der Waals surface area (Å²) in [5.41, 5.74) is 9.51. The number of hydrogen-bond acceptors (Lipinski definition) is 3. The third kappa shape index (κ3) is 3.65. The van der Waals surface area contributed by atoms with Gasteiger partial charge in [0.1, 0.15) is 17.7 Å². The van der Waals surface area contributed by atoms with Crippen molar-refractivity contribution in [1.82, 2.24) is 0 Å². The molecule has 0 unspecified atom stereocenters. The van der Waals surface area contributed by atoms with E-state index in [1.807, 2.05) is 60.7 Å². The predicted octanol–water partition coefficient (Wildman–Crippen LogP) is 7.56. The number of hydrogen-bond donors (Lipinski definition) is 0. The Morgan fingerprint density at radius 1 is 0.686 bits per heavy atom. The summed E-state index contributed by atoms with van der Waals surface area (Å²) in [5.74, 6) is -0.287. The van der Waals surface area contributed by atoms with Crippen molar-refractivity contribution in [1.29, 1.82) is 10.5 Å². The van der Waals surface area contributed by atoms with Gasteiger partial charge in [-0.25, -0.2) is 0 Å². The van der Waals surface area contributed by atoms with Crippen molar-refractivity contribution in [3.8, 4) is 45.5 Å². The molecule has 0 radical (unpaired) electrons. The Morgan fingerprint density at radius 2 is 1.26 bits per heavy atom. The van der Waals surface area contributed by atoms with Gasteiger partial charge in [0, 0.05) is 5.56 Å². The molecule has 0 saturated carbocycles. The highest BCUT2D eigenvalue weighted by atomic mass is 16.1. The van der Waals surface area contributed by atoms with Gasteiger partial charge in [0.25, 0.3) is 0 Å². The first-order valence-electron chi connectivity index (χ1n) is 11.6. The summed E-state index contributed by atoms with van der Waals surface area (Å²) >= 11 is 0. The third-order valence-corrected chi connectivity index (χ3v) is 6.71. The Labute approximate surface area is 205 Å². The molecular formula is C32H22N2O. The molecular weight excluding hydrogens is 428 g/mol. The Bertz CT molecular complexity index is 1610. The fourth-order valence-electron chi connectivity index (χ4n) is 4.93. The van der Waals surface area contributed by atoms with E-state index in [2.05, 4.69) is 50.2 Å². The Balaban J connectivity index is 1.82. The highest BCUT2D eigenvalue weighted by molar-refractivity contribution is 6.36. The van der Waals surface area contributed by atoms with Crippen molar-refractivity contribution < 1.29 is 4.79 Å². The lowest BCUT2D eigenvalue weighted by atomic mass is 9.77. The van der Waals surface area contributed by atoms with Crippen molar-refractivity contribution in [2.75, 3.05) is 0 Å². The van der Waals surface area contributed by atoms with Gasteiger partial charge in [-0.05, 0) is 81.6 Å². The minimum absolute atomic E-state index is 0.161. The van der Waals surface area contributed by atoms with Gasteiger partial charge >= 0.3 is 0 Å². The van der Waals surface area contributed by atoms with Crippen molar-refractivity contribution in [3.63, 3.8) is 0 Å². The van der Waals surface area contributed by atoms with Gasteiger partial charge < -0.3 is 0 Å². The molecule has 0 spiro atoms. The van der Waals surface area contributed by atoms with Crippen LogP contribution in [0.1, 0.15) is 34.0 Å². The number of Topliss-reactive ketones (excluding diaryl/α,β-unsaturated/α-hetero) is 1. The minimum Gasteiger partial charge on any atom is -0.288 e. The number of carbonyl (C=O) groups excluding carboxylic acids is 1. The maximum atomic E-state index is 13.6. The maximum Gasteiger partial charge on any atom is 0.196 e. The van der Waals surface area contributed by atoms with Crippen LogP contribution < -0.4 is 0 Å². The lowest BCUT2D eigenvalue weighted by Crippen LogP contribution is -2.13. The molecule has 0 heterocycles. The summed E-state index contributed by atoms with van der Waals surface area (Å²) in [5, 5.41) is 19.2. The average Bonchev–Trinajstić information content (AvgIpc) is 2.90. The molecule has 4 aromatic carbocycles. The van der Waals surface area contributed by atoms with Crippen LogP contribution in [-0.4, -0.2) is 5.78 Å². The summed E-state index contributed by atoms with van der Waals surface area (Å²) in [4.78, 5) is 13.6. The Kier molecular flexibility index (Phi) is 5.61. The molecule has 5 rings (SSSR count). The molecule has 4 aromatic rings. The second-order valence-electron chi connectivity index (χ2n) is 8.65. The van der Waals surface area contributed by atoms with Gasteiger partial charge in [-0.1, -0.05) is 73.7 Å². The van der Waals surface area contributed by atoms with E-state index < -0.39 is 0 Å². The molecule has 0 saturated heterocycles. The number of benzene rings is 4. The summed E-state index contributed by atoms with van der Waals surface area (Å²) in [6, 6.07) is 32.1. The molecule has 0 atom stereocenters. The molecule has 3 heteroatoms. The van der Waals surface area contributed by atoms with Crippen LogP contribution in [0, 0.1) is 29.6 Å². The molecule has 0 fully saturated rings. The monoisotopic (exact) mass is 450 g/mol. The second kappa shape index (κ2) is 8.90. The normalized spacial score (nSPS) is 11.8. The molecule has 0 N–H and O–H groups in total. The summed E-state index contributed by atoms with van der Waals surface area (Å²) < 4.78 is 0. The predicted molar refractivity (Wildman–Crippen MR) is 139 cm³/mol. The molecule has 0 aromatic heterocycles. The Hall–Kier alpha value is -4.73. The lowest BCUT2D eigenvalue weighted by molar-refractivity contribution is 0.105. The van der Waals surface area contributed by atoms with Gasteiger partial charge in [-0.15, -0.1) is 0 Å². The number of nitrogens with zero attached hydrogens (tertiary/aromatic N) is 2. The smallest absolute Gasteiger partial charge is 0.196 e. The van der Waals surface area contributed by atoms with Gasteiger partial charge in [0.2, 0.25) is 0 Å². The SMILES string of the molecule is CCc1ccccc1-c1ccc2c(c1)-c1cc(-c3ccccc3C)ccc1C(=C(C#N)C#N)C2=O. The van der Waals surface area contributed by atoms with Crippen molar-refractivity contribution in [3.05, 3.63) is 113 Å². The van der Waals surface area contributed by atoms with Crippen molar-refractivity contribution in [2.45, 2.75) is 20.3 Å². The third-order valence-electron chi connectivity index (χ3n) is 6.71. The number of ketones is 1. The number of carbonyl (C=O) groups is 1. The van der Waals surface area contributed by atoms with Gasteiger partial charge in [-0.2, -0.15) is 10.5 Å². The molecule has 166 valence electrons. The summed E-state index contributed by atoms with van der Waals surface area (Å²) in [7, 11) is 0. The van der Waals surface area contributed by atoms with Crippen LogP contribution in [0.5, 0.6) is 0 Å². The zero-order valence-electron chi connectivity index (χ0n) is 19.6. The van der Waals surface area contributed by atoms with E-state index >= 15 is 0 Å². The molecule has 0 amide bonds. The Morgan fingerprint density at radius 3 is 1.91 bits per heavy atom. The van der Waals surface area contributed by atoms with Crippen LogP contribution in [-0.2, 0) is 6.42 Å². The van der Waals surface area contributed by atoms with Crippen LogP contribution >= 0.6 is 0 Å². The van der Waals surface area contributed by atoms with Crippen LogP contribution in [0.25, 0.3) is 39.0 Å². The van der Waals surface area contributed by atoms with Crippen LogP contribution in [0.15, 0.2) is 90.5 Å². The summed E-state index contributed by atoms with van der Waals surface area (Å²) in [6.45, 7) is 4.20. The zero-order chi connectivity index (χ0) is 24.5. The molecule has 1 aliphatic carbocycles. The van der Waals surface area contributed by atoms with Crippen LogP contribution in [0.4, 0.5) is 0 Å². The largest absolute Gasteiger partial charge is 0.288 e. The molecule has 1 aliphatic rings. The summed E-state index contributed by atoms with van der Waals surface area (Å²) in [6.07, 6.45) is 0.904. The number of aryl methyl sites for hydroxylation is 2. The van der Waals surface area contributed by atoms with Gasteiger partial charge in [0.15, 0.2) is 5.78 Å². The highest BCUT2D eigenvalue weighted by Gasteiger charge is 2.31. The first kappa shape index (κ1) is 22.1. The molecule has 0 bridgehead atoms. The van der Waals surface area contributed by atoms with E-state index in [1.165, 1.54) is 5.56 Å². The van der Waals surface area contributed by atoms with Crippen LogP contribution in [0.2, 0.25) is 0 Å². The number of allylic oxidation sites excluding steroid dienone is 2. The van der Waals surface area contributed by atoms with E-state index in [9.17, 15) is 15.3 Å². The first-order chi connectivity index (χ1) is 17.1. The quantitative estimate of drug-likeness (QED) is 0.239. The maximum absolute atomic E-state index is 13.6. The molecule has 0 aliphatic heterocycles. The number of fused-ring (bicyclic) bond motifs is 3. The topological polar surface area (TPSA) is 64.7 Å². The molecule has 35 heavy (non-hydrogen) atoms. The van der Waals surface area contributed by atoms with E-state index in [-0.39, 0.29) is 16.9 Å². The second-order valence-corrected chi connectivity index (χ2v) is 8.65. The van der Waals surface area contributed by atoms with E-state index in [4.69, 9.17) is 0 Å². The fourth-order valence-corrected chi connectivity index (χ4v) is 4.93. The van der Waals surface area contributed by atoms with E-state index in [0.717, 1.165) is 45.4 Å². The highest BCUT2D eigenvalue weighted by Crippen LogP contribution is 2.44. The van der Waals surface area contributed by atoms with Gasteiger partial charge in [-0.3, -0.25) is 4.79 Å². The van der Waals surface area contributed by atoms with Crippen molar-refractivity contribution >= 4 is 11.4 Å². The first-order valence-corrected chi connectivity index (χ1v) is 11.6. The van der Waals surface area contributed by atoms with Gasteiger partial charge in [0.05, 0.1) is 5.57 Å². The van der Waals surface area contributed by atoms with E-state index in [0.29, 0.717) is 11.1 Å². The fraction of sp³-hybridized carbons (Fsp3) is 0.0938. The number of rotatable bonds is 3. The minimum atomic E-state index is -0.287. The lowest BCUT2D eigenvalue weighted by Gasteiger charge is -2.24. The average molecular weight is 451 g/mol. The number of nitriles is 2. The molecule has 3 nitrogen and oxygen atoms in total. The van der Waals surface area contributed by atoms with Crippen molar-refractivity contribution in [2.24, 2.45) is 0 Å². The van der Waals surface area contributed by atoms with E-state index in [1.54, 1.807) is 0 Å². The van der Waals surface area contributed by atoms with Crippen LogP contribution in [0.3, 0.4) is 0 Å².